The highest BCUT2D eigenvalue weighted by molar-refractivity contribution is 6.35. The van der Waals surface area contributed by atoms with Gasteiger partial charge in [-0.15, -0.1) is 0 Å². The number of hydrogen-bond acceptors (Lipinski definition) is 3. The van der Waals surface area contributed by atoms with Crippen molar-refractivity contribution in [3.63, 3.8) is 0 Å². The summed E-state index contributed by atoms with van der Waals surface area (Å²) in [6, 6.07) is 11.7. The number of rotatable bonds is 9. The van der Waals surface area contributed by atoms with Gasteiger partial charge in [0, 0.05) is 17.1 Å². The number of benzene rings is 2. The Balaban J connectivity index is 1.90. The molecule has 0 aliphatic heterocycles. The molecule has 0 aliphatic carbocycles. The maximum absolute atomic E-state index is 6.26. The van der Waals surface area contributed by atoms with Crippen LogP contribution in [0.4, 0.5) is 0 Å². The summed E-state index contributed by atoms with van der Waals surface area (Å²) < 4.78 is 10.9. The fourth-order valence-corrected chi connectivity index (χ4v) is 2.95. The van der Waals surface area contributed by atoms with Crippen LogP contribution in [0.2, 0.25) is 10.0 Å². The number of nitrogens with one attached hydrogen (secondary N) is 1. The van der Waals surface area contributed by atoms with E-state index in [1.54, 1.807) is 13.2 Å². The van der Waals surface area contributed by atoms with Gasteiger partial charge in [0.05, 0.1) is 18.7 Å². The van der Waals surface area contributed by atoms with Gasteiger partial charge in [0.2, 0.25) is 0 Å². The van der Waals surface area contributed by atoms with Gasteiger partial charge in [-0.05, 0) is 49.2 Å². The summed E-state index contributed by atoms with van der Waals surface area (Å²) in [5, 5.41) is 4.60. The van der Waals surface area contributed by atoms with Crippen molar-refractivity contribution in [1.29, 1.82) is 0 Å². The van der Waals surface area contributed by atoms with Crippen LogP contribution in [0.5, 0.6) is 11.5 Å². The molecule has 5 heteroatoms. The van der Waals surface area contributed by atoms with E-state index < -0.39 is 0 Å². The molecular formula is C19H23Cl2NO2. The molecule has 2 aromatic carbocycles. The van der Waals surface area contributed by atoms with Crippen LogP contribution < -0.4 is 14.8 Å². The van der Waals surface area contributed by atoms with E-state index in [0.717, 1.165) is 36.4 Å². The predicted molar refractivity (Wildman–Crippen MR) is 101 cm³/mol. The molecule has 130 valence electrons. The minimum atomic E-state index is 0.558. The van der Waals surface area contributed by atoms with Crippen molar-refractivity contribution in [2.45, 2.75) is 26.3 Å². The lowest BCUT2D eigenvalue weighted by Gasteiger charge is -2.14. The van der Waals surface area contributed by atoms with E-state index in [0.29, 0.717) is 23.2 Å². The lowest BCUT2D eigenvalue weighted by molar-refractivity contribution is 0.313. The summed E-state index contributed by atoms with van der Waals surface area (Å²) in [5.41, 5.74) is 2.24. The van der Waals surface area contributed by atoms with Gasteiger partial charge in [-0.3, -0.25) is 0 Å². The van der Waals surface area contributed by atoms with Gasteiger partial charge < -0.3 is 14.8 Å². The maximum atomic E-state index is 6.26. The Morgan fingerprint density at radius 1 is 1.08 bits per heavy atom. The van der Waals surface area contributed by atoms with Gasteiger partial charge in [-0.25, -0.2) is 0 Å². The van der Waals surface area contributed by atoms with Crippen LogP contribution in [-0.2, 0) is 13.0 Å². The van der Waals surface area contributed by atoms with Crippen molar-refractivity contribution in [2.75, 3.05) is 20.3 Å². The molecule has 0 atom stereocenters. The lowest BCUT2D eigenvalue weighted by atomic mass is 10.1. The van der Waals surface area contributed by atoms with Gasteiger partial charge in [-0.2, -0.15) is 0 Å². The van der Waals surface area contributed by atoms with Crippen LogP contribution >= 0.6 is 23.2 Å². The van der Waals surface area contributed by atoms with Crippen molar-refractivity contribution >= 4 is 23.2 Å². The van der Waals surface area contributed by atoms with Crippen molar-refractivity contribution in [2.24, 2.45) is 0 Å². The van der Waals surface area contributed by atoms with Gasteiger partial charge in [0.15, 0.2) is 0 Å². The smallest absolute Gasteiger partial charge is 0.142 e. The quantitative estimate of drug-likeness (QED) is 0.623. The average Bonchev–Trinajstić information content (AvgIpc) is 2.58. The molecule has 1 N–H and O–H groups in total. The summed E-state index contributed by atoms with van der Waals surface area (Å²) in [4.78, 5) is 0. The third kappa shape index (κ3) is 5.59. The van der Waals surface area contributed by atoms with Crippen LogP contribution in [0.25, 0.3) is 0 Å². The molecule has 0 spiro atoms. The summed E-state index contributed by atoms with van der Waals surface area (Å²) in [7, 11) is 1.67. The summed E-state index contributed by atoms with van der Waals surface area (Å²) >= 11 is 12.4. The fourth-order valence-electron chi connectivity index (χ4n) is 2.36. The molecule has 0 aliphatic rings. The highest BCUT2D eigenvalue weighted by atomic mass is 35.5. The molecule has 0 heterocycles. The van der Waals surface area contributed by atoms with E-state index in [-0.39, 0.29) is 0 Å². The number of hydrogen-bond donors (Lipinski definition) is 1. The first-order valence-corrected chi connectivity index (χ1v) is 8.84. The van der Waals surface area contributed by atoms with E-state index in [1.807, 2.05) is 18.2 Å². The monoisotopic (exact) mass is 367 g/mol. The summed E-state index contributed by atoms with van der Waals surface area (Å²) in [5.74, 6) is 1.60. The standard InChI is InChI=1S/C19H23Cl2NO2/c1-3-10-24-19-15(11-16(20)12-18(19)21)13-22-9-8-14-4-6-17(23-2)7-5-14/h4-7,11-12,22H,3,8-10,13H2,1-2H3. The Kier molecular flexibility index (Phi) is 7.70. The molecule has 0 radical (unpaired) electrons. The zero-order valence-electron chi connectivity index (χ0n) is 14.1. The number of halogens is 2. The Morgan fingerprint density at radius 2 is 1.83 bits per heavy atom. The molecule has 0 aromatic heterocycles. The molecule has 2 aromatic rings. The molecule has 0 amide bonds. The molecule has 3 nitrogen and oxygen atoms in total. The fraction of sp³-hybridized carbons (Fsp3) is 0.368. The van der Waals surface area contributed by atoms with Crippen molar-refractivity contribution in [1.82, 2.24) is 5.32 Å². The normalized spacial score (nSPS) is 10.7. The molecule has 24 heavy (non-hydrogen) atoms. The summed E-state index contributed by atoms with van der Waals surface area (Å²) in [6.45, 7) is 4.22. The summed E-state index contributed by atoms with van der Waals surface area (Å²) in [6.07, 6.45) is 1.87. The van der Waals surface area contributed by atoms with Crippen LogP contribution in [0.3, 0.4) is 0 Å². The Labute approximate surface area is 153 Å². The topological polar surface area (TPSA) is 30.5 Å². The van der Waals surface area contributed by atoms with Crippen molar-refractivity contribution in [3.05, 3.63) is 57.6 Å². The largest absolute Gasteiger partial charge is 0.497 e. The second-order valence-corrected chi connectivity index (χ2v) is 6.34. The SMILES string of the molecule is CCCOc1c(Cl)cc(Cl)cc1CNCCc1ccc(OC)cc1. The number of ether oxygens (including phenoxy) is 2. The van der Waals surface area contributed by atoms with Crippen LogP contribution in [0.15, 0.2) is 36.4 Å². The third-order valence-electron chi connectivity index (χ3n) is 3.60. The second kappa shape index (κ2) is 9.77. The Morgan fingerprint density at radius 3 is 2.50 bits per heavy atom. The molecule has 0 bridgehead atoms. The van der Waals surface area contributed by atoms with Gasteiger partial charge >= 0.3 is 0 Å². The Bertz CT molecular complexity index is 645. The maximum Gasteiger partial charge on any atom is 0.142 e. The van der Waals surface area contributed by atoms with Crippen molar-refractivity contribution < 1.29 is 9.47 Å². The van der Waals surface area contributed by atoms with E-state index in [9.17, 15) is 0 Å². The minimum Gasteiger partial charge on any atom is -0.497 e. The molecule has 0 saturated carbocycles. The van der Waals surface area contributed by atoms with E-state index >= 15 is 0 Å². The lowest BCUT2D eigenvalue weighted by Crippen LogP contribution is -2.17. The van der Waals surface area contributed by atoms with Gasteiger partial charge in [-0.1, -0.05) is 42.3 Å². The molecule has 2 rings (SSSR count). The second-order valence-electron chi connectivity index (χ2n) is 5.50. The van der Waals surface area contributed by atoms with E-state index in [1.165, 1.54) is 5.56 Å². The molecule has 0 saturated heterocycles. The zero-order chi connectivity index (χ0) is 17.4. The van der Waals surface area contributed by atoms with Crippen LogP contribution in [0, 0.1) is 0 Å². The average molecular weight is 368 g/mol. The van der Waals surface area contributed by atoms with Crippen LogP contribution in [0.1, 0.15) is 24.5 Å². The molecule has 0 fully saturated rings. The van der Waals surface area contributed by atoms with E-state index in [2.05, 4.69) is 24.4 Å². The first-order chi connectivity index (χ1) is 11.6. The highest BCUT2D eigenvalue weighted by Crippen LogP contribution is 2.32. The minimum absolute atomic E-state index is 0.558. The van der Waals surface area contributed by atoms with Crippen molar-refractivity contribution in [3.8, 4) is 11.5 Å². The van der Waals surface area contributed by atoms with Gasteiger partial charge in [0.25, 0.3) is 0 Å². The first kappa shape index (κ1) is 18.9. The van der Waals surface area contributed by atoms with Gasteiger partial charge in [0.1, 0.15) is 11.5 Å². The predicted octanol–water partition coefficient (Wildman–Crippen LogP) is 5.12. The third-order valence-corrected chi connectivity index (χ3v) is 4.10. The molecular weight excluding hydrogens is 345 g/mol. The first-order valence-electron chi connectivity index (χ1n) is 8.08. The van der Waals surface area contributed by atoms with E-state index in [4.69, 9.17) is 32.7 Å². The number of methoxy groups -OCH3 is 1. The highest BCUT2D eigenvalue weighted by Gasteiger charge is 2.10. The molecule has 0 unspecified atom stereocenters. The Hall–Kier alpha value is -1.42. The zero-order valence-corrected chi connectivity index (χ0v) is 15.6. The van der Waals surface area contributed by atoms with Crippen LogP contribution in [-0.4, -0.2) is 20.3 Å².